The van der Waals surface area contributed by atoms with Crippen LogP contribution in [0.1, 0.15) is 27.2 Å². The van der Waals surface area contributed by atoms with Crippen LogP contribution in [-0.4, -0.2) is 192 Å². The lowest BCUT2D eigenvalue weighted by Gasteiger charge is -2.48. The standard InChI is InChI=1S/C27H44N2O20/c1-8(31)28-15-11(34)4-27(26(42)43,49-23(15)17(36)12(35)6-44-10(3)33)45-7-14-18(37)20(39)21(40)25(47-14)48-22-16(29-9(2)32)24(41)46-13(5-30)19(22)38/h11-25,30,34-41H,4-7H2,1-3H3,(H,28,31)(H,29,32)(H,42,43)/t11-,12+,13+,14+,15+,16+,17+,18-,19+,20-,21+,22+,23+,24?,25-,27+/m0/s1. The van der Waals surface area contributed by atoms with Crippen LogP contribution in [0.5, 0.6) is 0 Å². The molecule has 16 atom stereocenters. The van der Waals surface area contributed by atoms with Gasteiger partial charge in [0.05, 0.1) is 25.4 Å². The van der Waals surface area contributed by atoms with E-state index >= 15 is 0 Å². The average molecular weight is 717 g/mol. The largest absolute Gasteiger partial charge is 0.477 e. The summed E-state index contributed by atoms with van der Waals surface area (Å²) in [6, 6.07) is -3.03. The fourth-order valence-electron chi connectivity index (χ4n) is 5.64. The van der Waals surface area contributed by atoms with Crippen molar-refractivity contribution in [2.75, 3.05) is 19.8 Å². The van der Waals surface area contributed by atoms with E-state index in [0.29, 0.717) is 0 Å². The molecule has 3 aliphatic rings. The zero-order valence-electron chi connectivity index (χ0n) is 26.5. The van der Waals surface area contributed by atoms with E-state index in [1.54, 1.807) is 0 Å². The normalized spacial score (nSPS) is 40.9. The van der Waals surface area contributed by atoms with E-state index in [0.717, 1.165) is 20.8 Å². The highest BCUT2D eigenvalue weighted by Crippen LogP contribution is 2.35. The van der Waals surface area contributed by atoms with Crippen molar-refractivity contribution in [3.8, 4) is 0 Å². The number of carbonyl (C=O) groups excluding carboxylic acids is 3. The third-order valence-corrected chi connectivity index (χ3v) is 8.14. The van der Waals surface area contributed by atoms with Gasteiger partial charge in [-0.05, 0) is 0 Å². The summed E-state index contributed by atoms with van der Waals surface area (Å²) in [6.07, 6.45) is -25.2. The van der Waals surface area contributed by atoms with Crippen LogP contribution >= 0.6 is 0 Å². The van der Waals surface area contributed by atoms with Crippen molar-refractivity contribution < 1.29 is 98.7 Å². The first-order valence-corrected chi connectivity index (χ1v) is 15.1. The number of carboxylic acid groups (broad SMARTS) is 1. The van der Waals surface area contributed by atoms with Crippen molar-refractivity contribution in [1.82, 2.24) is 10.6 Å². The maximum absolute atomic E-state index is 12.6. The Kier molecular flexibility index (Phi) is 14.2. The van der Waals surface area contributed by atoms with Crippen molar-refractivity contribution in [3.63, 3.8) is 0 Å². The van der Waals surface area contributed by atoms with Gasteiger partial charge in [-0.25, -0.2) is 4.79 Å². The van der Waals surface area contributed by atoms with Crippen molar-refractivity contribution in [2.24, 2.45) is 0 Å². The number of esters is 1. The van der Waals surface area contributed by atoms with Crippen molar-refractivity contribution in [3.05, 3.63) is 0 Å². The summed E-state index contributed by atoms with van der Waals surface area (Å²) in [5.74, 6) is -7.06. The number of amides is 2. The van der Waals surface area contributed by atoms with Gasteiger partial charge in [0.1, 0.15) is 73.7 Å². The minimum Gasteiger partial charge on any atom is -0.477 e. The number of nitrogens with one attached hydrogen (secondary N) is 2. The van der Waals surface area contributed by atoms with Gasteiger partial charge in [0.25, 0.3) is 5.79 Å². The first kappa shape index (κ1) is 40.7. The molecule has 49 heavy (non-hydrogen) atoms. The van der Waals surface area contributed by atoms with Crippen LogP contribution < -0.4 is 10.6 Å². The molecule has 0 aromatic rings. The molecule has 22 heteroatoms. The molecular formula is C27H44N2O20. The number of aliphatic hydroxyl groups is 9. The molecule has 0 bridgehead atoms. The van der Waals surface area contributed by atoms with Crippen LogP contribution in [0.15, 0.2) is 0 Å². The molecule has 3 aliphatic heterocycles. The first-order chi connectivity index (χ1) is 22.8. The molecule has 0 aromatic carbocycles. The topological polar surface area (TPSA) is 350 Å². The van der Waals surface area contributed by atoms with Gasteiger partial charge in [0, 0.05) is 27.2 Å². The van der Waals surface area contributed by atoms with E-state index in [9.17, 15) is 70.2 Å². The molecule has 3 rings (SSSR count). The zero-order chi connectivity index (χ0) is 37.0. The lowest BCUT2D eigenvalue weighted by atomic mass is 9.88. The summed E-state index contributed by atoms with van der Waals surface area (Å²) in [6.45, 7) is 0.520. The van der Waals surface area contributed by atoms with Crippen LogP contribution in [0.2, 0.25) is 0 Å². The highest BCUT2D eigenvalue weighted by atomic mass is 16.8. The second-order valence-electron chi connectivity index (χ2n) is 11.9. The summed E-state index contributed by atoms with van der Waals surface area (Å²) in [4.78, 5) is 47.3. The molecule has 0 spiro atoms. The van der Waals surface area contributed by atoms with Crippen molar-refractivity contribution in [1.29, 1.82) is 0 Å². The third kappa shape index (κ3) is 9.56. The summed E-state index contributed by atoms with van der Waals surface area (Å²) >= 11 is 0. The Morgan fingerprint density at radius 2 is 1.47 bits per heavy atom. The summed E-state index contributed by atoms with van der Waals surface area (Å²) in [5, 5.41) is 109. The molecule has 0 aliphatic carbocycles. The Labute approximate surface area is 278 Å². The number of ether oxygens (including phenoxy) is 6. The van der Waals surface area contributed by atoms with Gasteiger partial charge in [-0.1, -0.05) is 0 Å². The Balaban J connectivity index is 1.86. The van der Waals surface area contributed by atoms with Crippen LogP contribution in [0, 0.1) is 0 Å². The Morgan fingerprint density at radius 3 is 2.02 bits per heavy atom. The minimum absolute atomic E-state index is 0.709. The predicted octanol–water partition coefficient (Wildman–Crippen LogP) is -7.51. The Hall–Kier alpha value is -2.68. The van der Waals surface area contributed by atoms with Crippen LogP contribution in [0.25, 0.3) is 0 Å². The molecule has 3 fully saturated rings. The summed E-state index contributed by atoms with van der Waals surface area (Å²) in [7, 11) is 0. The van der Waals surface area contributed by atoms with Crippen molar-refractivity contribution >= 4 is 23.8 Å². The molecular weight excluding hydrogens is 672 g/mol. The number of hydrogen-bond donors (Lipinski definition) is 12. The lowest BCUT2D eigenvalue weighted by molar-refractivity contribution is -0.356. The molecule has 0 radical (unpaired) electrons. The second kappa shape index (κ2) is 17.0. The zero-order valence-corrected chi connectivity index (χ0v) is 26.5. The number of carbonyl (C=O) groups is 4. The molecule has 3 saturated heterocycles. The van der Waals surface area contributed by atoms with Gasteiger partial charge in [-0.3, -0.25) is 14.4 Å². The van der Waals surface area contributed by atoms with Gasteiger partial charge in [-0.2, -0.15) is 0 Å². The van der Waals surface area contributed by atoms with Gasteiger partial charge in [0.2, 0.25) is 11.8 Å². The monoisotopic (exact) mass is 716 g/mol. The van der Waals surface area contributed by atoms with E-state index in [4.69, 9.17) is 23.7 Å². The Bertz CT molecular complexity index is 1160. The van der Waals surface area contributed by atoms with E-state index in [-0.39, 0.29) is 0 Å². The van der Waals surface area contributed by atoms with E-state index < -0.39 is 148 Å². The average Bonchev–Trinajstić information content (AvgIpc) is 3.02. The maximum Gasteiger partial charge on any atom is 0.364 e. The van der Waals surface area contributed by atoms with E-state index in [2.05, 4.69) is 15.4 Å². The molecule has 0 saturated carbocycles. The molecule has 12 N–H and O–H groups in total. The van der Waals surface area contributed by atoms with Crippen LogP contribution in [0.3, 0.4) is 0 Å². The van der Waals surface area contributed by atoms with E-state index in [1.165, 1.54) is 0 Å². The quantitative estimate of drug-likeness (QED) is 0.0787. The molecule has 2 amide bonds. The van der Waals surface area contributed by atoms with E-state index in [1.807, 2.05) is 0 Å². The number of aliphatic carboxylic acids is 1. The van der Waals surface area contributed by atoms with Crippen LogP contribution in [-0.2, 0) is 47.6 Å². The molecule has 3 heterocycles. The van der Waals surface area contributed by atoms with Crippen LogP contribution in [0.4, 0.5) is 0 Å². The predicted molar refractivity (Wildman–Crippen MR) is 151 cm³/mol. The van der Waals surface area contributed by atoms with Gasteiger partial charge in [0.15, 0.2) is 12.6 Å². The maximum atomic E-state index is 12.6. The highest BCUT2D eigenvalue weighted by molar-refractivity contribution is 5.76. The van der Waals surface area contributed by atoms with Crippen molar-refractivity contribution in [2.45, 2.75) is 125 Å². The summed E-state index contributed by atoms with van der Waals surface area (Å²) < 4.78 is 32.0. The molecule has 1 unspecified atom stereocenters. The number of hydrogen-bond acceptors (Lipinski definition) is 19. The molecule has 22 nitrogen and oxygen atoms in total. The summed E-state index contributed by atoms with van der Waals surface area (Å²) in [5.41, 5.74) is 0. The fourth-order valence-corrected chi connectivity index (χ4v) is 5.64. The molecule has 282 valence electrons. The number of carboxylic acids is 1. The minimum atomic E-state index is -2.88. The molecule has 0 aromatic heterocycles. The lowest BCUT2D eigenvalue weighted by Crippen LogP contribution is -2.69. The SMILES string of the molecule is CC(=O)N[C@H]1[C@H]([C@H](O)[C@H](O)COC(C)=O)O[C@@](OC[C@H]2O[C@@H](O[C@H]3[C@H](O)[C@@H](CO)OC(O)[C@@H]3NC(C)=O)[C@H](O)[C@@H](O)[C@H]2O)(C(=O)O)C[C@@H]1O. The third-order valence-electron chi connectivity index (χ3n) is 8.14. The smallest absolute Gasteiger partial charge is 0.364 e. The highest BCUT2D eigenvalue weighted by Gasteiger charge is 2.57. The number of aliphatic hydroxyl groups excluding tert-OH is 9. The van der Waals surface area contributed by atoms with Gasteiger partial charge >= 0.3 is 11.9 Å². The van der Waals surface area contributed by atoms with Gasteiger partial charge < -0.3 is 90.1 Å². The fraction of sp³-hybridized carbons (Fsp3) is 0.852. The number of rotatable bonds is 13. The Morgan fingerprint density at radius 1 is 0.857 bits per heavy atom. The first-order valence-electron chi connectivity index (χ1n) is 15.1. The van der Waals surface area contributed by atoms with Gasteiger partial charge in [-0.15, -0.1) is 0 Å². The second-order valence-corrected chi connectivity index (χ2v) is 11.9.